The highest BCUT2D eigenvalue weighted by Crippen LogP contribution is 2.28. The fourth-order valence-electron chi connectivity index (χ4n) is 4.54. The number of amides is 2. The first kappa shape index (κ1) is 20.5. The molecule has 30 heavy (non-hydrogen) atoms. The minimum absolute atomic E-state index is 0.132. The Bertz CT molecular complexity index is 932. The second-order valence-electron chi connectivity index (χ2n) is 8.15. The quantitative estimate of drug-likeness (QED) is 0.825. The van der Waals surface area contributed by atoms with Crippen LogP contribution in [-0.4, -0.2) is 63.6 Å². The minimum Gasteiger partial charge on any atom is -0.347 e. The summed E-state index contributed by atoms with van der Waals surface area (Å²) in [6.45, 7) is 5.21. The molecule has 1 aliphatic heterocycles. The Kier molecular flexibility index (Phi) is 5.85. The molecular weight excluding hydrogens is 385 g/mol. The molecule has 8 heteroatoms. The molecule has 4 rings (SSSR count). The molecule has 2 aliphatic rings. The van der Waals surface area contributed by atoms with E-state index in [4.69, 9.17) is 0 Å². The molecule has 1 aliphatic carbocycles. The van der Waals surface area contributed by atoms with Crippen LogP contribution in [0.15, 0.2) is 24.3 Å². The van der Waals surface area contributed by atoms with Gasteiger partial charge in [0.2, 0.25) is 5.91 Å². The maximum absolute atomic E-state index is 13.1. The van der Waals surface area contributed by atoms with Crippen LogP contribution in [0.4, 0.5) is 4.39 Å². The molecule has 0 unspecified atom stereocenters. The van der Waals surface area contributed by atoms with Gasteiger partial charge in [0.25, 0.3) is 5.91 Å². The summed E-state index contributed by atoms with van der Waals surface area (Å²) in [7, 11) is 1.89. The molecule has 1 aromatic heterocycles. The lowest BCUT2D eigenvalue weighted by atomic mass is 9.89. The van der Waals surface area contributed by atoms with Crippen molar-refractivity contribution in [2.24, 2.45) is 7.05 Å². The molecule has 1 fully saturated rings. The van der Waals surface area contributed by atoms with Crippen LogP contribution < -0.4 is 5.32 Å². The van der Waals surface area contributed by atoms with Crippen molar-refractivity contribution in [2.45, 2.75) is 38.8 Å². The van der Waals surface area contributed by atoms with Gasteiger partial charge >= 0.3 is 0 Å². The van der Waals surface area contributed by atoms with Gasteiger partial charge < -0.3 is 10.2 Å². The van der Waals surface area contributed by atoms with Gasteiger partial charge in [0, 0.05) is 64.0 Å². The average Bonchev–Trinajstić information content (AvgIpc) is 3.09. The van der Waals surface area contributed by atoms with Crippen molar-refractivity contribution in [3.8, 4) is 0 Å². The Labute approximate surface area is 175 Å². The van der Waals surface area contributed by atoms with Gasteiger partial charge in [-0.3, -0.25) is 19.2 Å². The topological polar surface area (TPSA) is 70.5 Å². The summed E-state index contributed by atoms with van der Waals surface area (Å²) in [6, 6.07) is 6.47. The molecule has 2 heterocycles. The highest BCUT2D eigenvalue weighted by molar-refractivity contribution is 5.94. The van der Waals surface area contributed by atoms with Crippen molar-refractivity contribution < 1.29 is 14.0 Å². The second kappa shape index (κ2) is 8.55. The number of carbonyl (C=O) groups excluding carboxylic acids is 2. The maximum Gasteiger partial charge on any atom is 0.272 e. The Morgan fingerprint density at radius 3 is 2.53 bits per heavy atom. The van der Waals surface area contributed by atoms with E-state index < -0.39 is 0 Å². The van der Waals surface area contributed by atoms with Crippen LogP contribution >= 0.6 is 0 Å². The molecule has 0 bridgehead atoms. The van der Waals surface area contributed by atoms with Crippen LogP contribution in [0.25, 0.3) is 0 Å². The van der Waals surface area contributed by atoms with E-state index in [2.05, 4.69) is 15.3 Å². The van der Waals surface area contributed by atoms with E-state index in [1.54, 1.807) is 19.1 Å². The predicted molar refractivity (Wildman–Crippen MR) is 110 cm³/mol. The lowest BCUT2D eigenvalue weighted by Gasteiger charge is -2.40. The average molecular weight is 413 g/mol. The Balaban J connectivity index is 1.43. The SMILES string of the molecule is CC(=O)N1CCN([C@@H]2CCc3c(c(C(=O)NCc4ccc(F)cc4)nn3C)C2)CC1. The Hall–Kier alpha value is -2.74. The standard InChI is InChI=1S/C22H28FN5O2/c1-15(29)27-9-11-28(12-10-27)18-7-8-20-19(13-18)21(25-26(20)2)22(30)24-14-16-3-5-17(23)6-4-16/h3-6,18H,7-14H2,1-2H3,(H,24,30)/t18-/m1/s1. The number of hydrogen-bond donors (Lipinski definition) is 1. The van der Waals surface area contributed by atoms with Crippen molar-refractivity contribution >= 4 is 11.8 Å². The summed E-state index contributed by atoms with van der Waals surface area (Å²) in [5, 5.41) is 7.42. The van der Waals surface area contributed by atoms with E-state index in [0.29, 0.717) is 18.3 Å². The molecule has 7 nitrogen and oxygen atoms in total. The zero-order valence-electron chi connectivity index (χ0n) is 17.5. The predicted octanol–water partition coefficient (Wildman–Crippen LogP) is 1.51. The van der Waals surface area contributed by atoms with E-state index >= 15 is 0 Å². The molecule has 2 aromatic rings. The summed E-state index contributed by atoms with van der Waals surface area (Å²) in [6.07, 6.45) is 2.72. The van der Waals surface area contributed by atoms with Crippen molar-refractivity contribution in [3.05, 3.63) is 52.6 Å². The summed E-state index contributed by atoms with van der Waals surface area (Å²) < 4.78 is 14.9. The minimum atomic E-state index is -0.293. The summed E-state index contributed by atoms with van der Waals surface area (Å²) >= 11 is 0. The molecule has 1 N–H and O–H groups in total. The molecular formula is C22H28FN5O2. The molecule has 1 atom stereocenters. The summed E-state index contributed by atoms with van der Waals surface area (Å²) in [4.78, 5) is 28.8. The van der Waals surface area contributed by atoms with Crippen LogP contribution in [0.5, 0.6) is 0 Å². The lowest BCUT2D eigenvalue weighted by molar-refractivity contribution is -0.130. The monoisotopic (exact) mass is 413 g/mol. The fourth-order valence-corrected chi connectivity index (χ4v) is 4.54. The first-order valence-electron chi connectivity index (χ1n) is 10.5. The summed E-state index contributed by atoms with van der Waals surface area (Å²) in [5.74, 6) is -0.356. The normalized spacial score (nSPS) is 19.4. The molecule has 2 amide bonds. The van der Waals surface area contributed by atoms with Crippen molar-refractivity contribution in [1.82, 2.24) is 24.9 Å². The van der Waals surface area contributed by atoms with Crippen molar-refractivity contribution in [3.63, 3.8) is 0 Å². The molecule has 0 radical (unpaired) electrons. The highest BCUT2D eigenvalue weighted by Gasteiger charge is 2.32. The second-order valence-corrected chi connectivity index (χ2v) is 8.15. The van der Waals surface area contributed by atoms with Crippen molar-refractivity contribution in [2.75, 3.05) is 26.2 Å². The van der Waals surface area contributed by atoms with Gasteiger partial charge in [-0.15, -0.1) is 0 Å². The van der Waals surface area contributed by atoms with E-state index in [1.165, 1.54) is 12.1 Å². The van der Waals surface area contributed by atoms with Gasteiger partial charge in [0.05, 0.1) is 0 Å². The number of nitrogens with zero attached hydrogens (tertiary/aromatic N) is 4. The largest absolute Gasteiger partial charge is 0.347 e. The van der Waals surface area contributed by atoms with Gasteiger partial charge in [-0.1, -0.05) is 12.1 Å². The number of halogens is 1. The Morgan fingerprint density at radius 1 is 1.17 bits per heavy atom. The van der Waals surface area contributed by atoms with Crippen LogP contribution in [0, 0.1) is 5.82 Å². The zero-order valence-corrected chi connectivity index (χ0v) is 17.5. The van der Waals surface area contributed by atoms with Crippen LogP contribution in [0.3, 0.4) is 0 Å². The number of rotatable bonds is 4. The van der Waals surface area contributed by atoms with E-state index in [9.17, 15) is 14.0 Å². The fraction of sp³-hybridized carbons (Fsp3) is 0.500. The number of piperazine rings is 1. The molecule has 0 saturated carbocycles. The third-order valence-corrected chi connectivity index (χ3v) is 6.29. The van der Waals surface area contributed by atoms with E-state index in [-0.39, 0.29) is 17.6 Å². The van der Waals surface area contributed by atoms with Gasteiger partial charge in [0.15, 0.2) is 5.69 Å². The third kappa shape index (κ3) is 4.23. The van der Waals surface area contributed by atoms with Crippen molar-refractivity contribution in [1.29, 1.82) is 0 Å². The van der Waals surface area contributed by atoms with Crippen LogP contribution in [0.2, 0.25) is 0 Å². The van der Waals surface area contributed by atoms with Gasteiger partial charge in [-0.25, -0.2) is 4.39 Å². The van der Waals surface area contributed by atoms with Gasteiger partial charge in [0.1, 0.15) is 5.82 Å². The number of carbonyl (C=O) groups is 2. The third-order valence-electron chi connectivity index (χ3n) is 6.29. The smallest absolute Gasteiger partial charge is 0.272 e. The highest BCUT2D eigenvalue weighted by atomic mass is 19.1. The number of nitrogens with one attached hydrogen (secondary N) is 1. The summed E-state index contributed by atoms with van der Waals surface area (Å²) in [5.41, 5.74) is 3.48. The van der Waals surface area contributed by atoms with E-state index in [0.717, 1.165) is 62.3 Å². The molecule has 0 spiro atoms. The number of fused-ring (bicyclic) bond motifs is 1. The Morgan fingerprint density at radius 2 is 1.87 bits per heavy atom. The zero-order chi connectivity index (χ0) is 21.3. The lowest BCUT2D eigenvalue weighted by Crippen LogP contribution is -2.52. The van der Waals surface area contributed by atoms with Crippen LogP contribution in [0.1, 0.15) is 40.7 Å². The number of aromatic nitrogens is 2. The number of benzene rings is 1. The molecule has 1 aromatic carbocycles. The van der Waals surface area contributed by atoms with Crippen LogP contribution in [-0.2, 0) is 31.2 Å². The number of aryl methyl sites for hydroxylation is 1. The molecule has 160 valence electrons. The molecule has 1 saturated heterocycles. The first-order chi connectivity index (χ1) is 14.4. The maximum atomic E-state index is 13.1. The van der Waals surface area contributed by atoms with Gasteiger partial charge in [-0.05, 0) is 37.0 Å². The first-order valence-corrected chi connectivity index (χ1v) is 10.5. The number of hydrogen-bond acceptors (Lipinski definition) is 4. The van der Waals surface area contributed by atoms with Gasteiger partial charge in [-0.2, -0.15) is 5.10 Å². The van der Waals surface area contributed by atoms with E-state index in [1.807, 2.05) is 16.6 Å².